The lowest BCUT2D eigenvalue weighted by atomic mass is 9.96. The Kier molecular flexibility index (Phi) is 8.16. The number of halogens is 6. The number of hydrogen-bond acceptors (Lipinski definition) is 3. The number of rotatable bonds is 6. The molecule has 0 amide bonds. The smallest absolute Gasteiger partial charge is 0.345 e. The molecule has 1 atom stereocenters. The van der Waals surface area contributed by atoms with Gasteiger partial charge in [0.1, 0.15) is 6.07 Å². The van der Waals surface area contributed by atoms with Crippen LogP contribution in [0.4, 0.5) is 18.9 Å². The summed E-state index contributed by atoms with van der Waals surface area (Å²) in [7, 11) is 0. The van der Waals surface area contributed by atoms with E-state index in [1.807, 2.05) is 6.07 Å². The van der Waals surface area contributed by atoms with E-state index < -0.39 is 12.1 Å². The highest BCUT2D eigenvalue weighted by molar-refractivity contribution is 6.48. The zero-order chi connectivity index (χ0) is 22.5. The summed E-state index contributed by atoms with van der Waals surface area (Å²) in [5.41, 5.74) is 6.95. The maximum absolute atomic E-state index is 13.7. The van der Waals surface area contributed by atoms with Gasteiger partial charge in [-0.3, -0.25) is 4.99 Å². The average molecular weight is 476 g/mol. The lowest BCUT2D eigenvalue weighted by Gasteiger charge is -2.18. The molecule has 158 valence electrons. The summed E-state index contributed by atoms with van der Waals surface area (Å²) in [6, 6.07) is 7.39. The average Bonchev–Trinajstić information content (AvgIpc) is 2.66. The molecule has 0 aliphatic carbocycles. The lowest BCUT2D eigenvalue weighted by Crippen LogP contribution is -2.19. The summed E-state index contributed by atoms with van der Waals surface area (Å²) < 4.78 is 41.0. The second kappa shape index (κ2) is 10.2. The molecule has 2 aromatic rings. The Morgan fingerprint density at radius 2 is 1.83 bits per heavy atom. The van der Waals surface area contributed by atoms with Crippen LogP contribution >= 0.6 is 34.8 Å². The predicted octanol–water partition coefficient (Wildman–Crippen LogP) is 6.54. The molecule has 4 nitrogen and oxygen atoms in total. The van der Waals surface area contributed by atoms with Crippen LogP contribution < -0.4 is 11.1 Å². The Labute approximate surface area is 186 Å². The van der Waals surface area contributed by atoms with Gasteiger partial charge >= 0.3 is 6.18 Å². The summed E-state index contributed by atoms with van der Waals surface area (Å²) in [5.74, 6) is -1.97. The minimum absolute atomic E-state index is 0.0115. The van der Waals surface area contributed by atoms with Gasteiger partial charge < -0.3 is 11.1 Å². The van der Waals surface area contributed by atoms with Gasteiger partial charge in [-0.1, -0.05) is 47.0 Å². The third kappa shape index (κ3) is 5.89. The van der Waals surface area contributed by atoms with E-state index >= 15 is 0 Å². The van der Waals surface area contributed by atoms with Crippen molar-refractivity contribution in [1.82, 2.24) is 0 Å². The van der Waals surface area contributed by atoms with Gasteiger partial charge in [0.25, 0.3) is 0 Å². The number of anilines is 1. The molecule has 2 aromatic carbocycles. The number of nitrogens with one attached hydrogen (secondary N) is 1. The Balaban J connectivity index is 2.45. The van der Waals surface area contributed by atoms with Gasteiger partial charge in [-0.2, -0.15) is 18.4 Å². The largest absolute Gasteiger partial charge is 0.399 e. The van der Waals surface area contributed by atoms with Gasteiger partial charge in [0.05, 0.1) is 45.2 Å². The molecule has 0 aromatic heterocycles. The summed E-state index contributed by atoms with van der Waals surface area (Å²) >= 11 is 17.6. The molecule has 3 N–H and O–H groups in total. The van der Waals surface area contributed by atoms with Crippen LogP contribution in [-0.2, 0) is 0 Å². The normalized spacial score (nSPS) is 13.0. The standard InChI is InChI=1S/C20H16Cl3F3N4/c1-11-4-12(5-14(8-27)19(11)30-10-29-9-28)2-3-15(20(24,25)26)13-6-16(21)18(23)17(22)7-13/h2-7,10,15H,9,28H2,1H3,(H,29,30)/b3-2+. The first-order chi connectivity index (χ1) is 14.1. The number of aryl methyl sites for hydroxylation is 1. The van der Waals surface area contributed by atoms with Gasteiger partial charge in [-0.15, -0.1) is 0 Å². The number of nitrogens with zero attached hydrogens (tertiary/aromatic N) is 2. The van der Waals surface area contributed by atoms with Crippen molar-refractivity contribution in [2.24, 2.45) is 10.7 Å². The highest BCUT2D eigenvalue weighted by Crippen LogP contribution is 2.41. The molecule has 0 radical (unpaired) electrons. The third-order valence-corrected chi connectivity index (χ3v) is 5.28. The van der Waals surface area contributed by atoms with E-state index in [1.165, 1.54) is 18.5 Å². The number of allylic oxidation sites excluding steroid dienone is 1. The molecule has 0 aliphatic rings. The predicted molar refractivity (Wildman–Crippen MR) is 116 cm³/mol. The summed E-state index contributed by atoms with van der Waals surface area (Å²) in [4.78, 5) is 3.81. The van der Waals surface area contributed by atoms with Gasteiger partial charge in [-0.05, 0) is 47.9 Å². The van der Waals surface area contributed by atoms with E-state index in [2.05, 4.69) is 10.3 Å². The van der Waals surface area contributed by atoms with Crippen molar-refractivity contribution in [3.8, 4) is 6.07 Å². The summed E-state index contributed by atoms with van der Waals surface area (Å²) in [6.07, 6.45) is -0.967. The fourth-order valence-corrected chi connectivity index (χ4v) is 3.34. The van der Waals surface area contributed by atoms with Crippen molar-refractivity contribution in [2.45, 2.75) is 19.0 Å². The first-order valence-corrected chi connectivity index (χ1v) is 9.60. The van der Waals surface area contributed by atoms with Crippen molar-refractivity contribution in [3.05, 3.63) is 67.7 Å². The molecule has 0 spiro atoms. The molecule has 0 bridgehead atoms. The van der Waals surface area contributed by atoms with Crippen molar-refractivity contribution in [3.63, 3.8) is 0 Å². The number of hydrogen-bond donors (Lipinski definition) is 2. The van der Waals surface area contributed by atoms with Crippen LogP contribution in [0.5, 0.6) is 0 Å². The summed E-state index contributed by atoms with van der Waals surface area (Å²) in [5, 5.41) is 12.1. The topological polar surface area (TPSA) is 74.2 Å². The van der Waals surface area contributed by atoms with Crippen LogP contribution in [0.2, 0.25) is 15.1 Å². The molecular weight excluding hydrogens is 460 g/mol. The molecule has 0 saturated carbocycles. The van der Waals surface area contributed by atoms with E-state index in [4.69, 9.17) is 40.5 Å². The highest BCUT2D eigenvalue weighted by atomic mass is 35.5. The van der Waals surface area contributed by atoms with E-state index in [9.17, 15) is 18.4 Å². The fraction of sp³-hybridized carbons (Fsp3) is 0.200. The Bertz CT molecular complexity index is 1000. The number of benzene rings is 2. The summed E-state index contributed by atoms with van der Waals surface area (Å²) in [6.45, 7) is 1.79. The maximum atomic E-state index is 13.7. The van der Waals surface area contributed by atoms with Gasteiger partial charge in [0.2, 0.25) is 0 Å². The van der Waals surface area contributed by atoms with Gasteiger partial charge in [0.15, 0.2) is 0 Å². The first kappa shape index (κ1) is 24.0. The van der Waals surface area contributed by atoms with E-state index in [1.54, 1.807) is 13.0 Å². The SMILES string of the molecule is Cc1cc(/C=C/C(c2cc(Cl)c(Cl)c(Cl)c2)C(F)(F)F)cc(C#N)c1N/C=N\CN. The van der Waals surface area contributed by atoms with Crippen LogP contribution in [0.1, 0.15) is 28.2 Å². The zero-order valence-electron chi connectivity index (χ0n) is 15.6. The van der Waals surface area contributed by atoms with Crippen LogP contribution in [-0.4, -0.2) is 19.2 Å². The van der Waals surface area contributed by atoms with E-state index in [0.29, 0.717) is 16.8 Å². The highest BCUT2D eigenvalue weighted by Gasteiger charge is 2.39. The Morgan fingerprint density at radius 3 is 2.37 bits per heavy atom. The molecule has 1 unspecified atom stereocenters. The second-order valence-corrected chi connectivity index (χ2v) is 7.38. The molecule has 10 heteroatoms. The molecule has 0 aliphatic heterocycles. The second-order valence-electron chi connectivity index (χ2n) is 6.19. The van der Waals surface area contributed by atoms with Crippen molar-refractivity contribution in [2.75, 3.05) is 12.0 Å². The van der Waals surface area contributed by atoms with Crippen LogP contribution in [0.25, 0.3) is 6.08 Å². The molecule has 30 heavy (non-hydrogen) atoms. The minimum Gasteiger partial charge on any atom is -0.345 e. The zero-order valence-corrected chi connectivity index (χ0v) is 17.8. The quantitative estimate of drug-likeness (QED) is 0.283. The lowest BCUT2D eigenvalue weighted by molar-refractivity contribution is -0.139. The molecule has 0 saturated heterocycles. The van der Waals surface area contributed by atoms with Crippen molar-refractivity contribution >= 4 is 52.9 Å². The van der Waals surface area contributed by atoms with Gasteiger partial charge in [0, 0.05) is 0 Å². The third-order valence-electron chi connectivity index (χ3n) is 4.08. The minimum atomic E-state index is -4.59. The number of aliphatic imine (C=N–C) groups is 1. The molecular formula is C20H16Cl3F3N4. The fourth-order valence-electron chi connectivity index (χ4n) is 2.73. The van der Waals surface area contributed by atoms with Crippen LogP contribution in [0.3, 0.4) is 0 Å². The van der Waals surface area contributed by atoms with Crippen LogP contribution in [0.15, 0.2) is 35.3 Å². The number of nitrogens with two attached hydrogens (primary N) is 1. The Morgan fingerprint density at radius 1 is 1.20 bits per heavy atom. The van der Waals surface area contributed by atoms with Crippen molar-refractivity contribution in [1.29, 1.82) is 5.26 Å². The number of alkyl halides is 3. The molecule has 2 rings (SSSR count). The van der Waals surface area contributed by atoms with Crippen molar-refractivity contribution < 1.29 is 13.2 Å². The van der Waals surface area contributed by atoms with E-state index in [-0.39, 0.29) is 32.9 Å². The Hall–Kier alpha value is -2.24. The van der Waals surface area contributed by atoms with E-state index in [0.717, 1.165) is 18.2 Å². The maximum Gasteiger partial charge on any atom is 0.399 e. The van der Waals surface area contributed by atoms with Gasteiger partial charge in [-0.25, -0.2) is 0 Å². The molecule has 0 heterocycles. The first-order valence-electron chi connectivity index (χ1n) is 8.47. The number of nitriles is 1. The van der Waals surface area contributed by atoms with Crippen LogP contribution in [0, 0.1) is 18.3 Å². The monoisotopic (exact) mass is 474 g/mol. The molecule has 0 fully saturated rings.